The number of imidazole rings is 1. The quantitative estimate of drug-likeness (QED) is 0.722. The van der Waals surface area contributed by atoms with Crippen molar-refractivity contribution in [1.29, 1.82) is 0 Å². The van der Waals surface area contributed by atoms with Crippen LogP contribution < -0.4 is 9.64 Å². The highest BCUT2D eigenvalue weighted by molar-refractivity contribution is 7.98. The predicted octanol–water partition coefficient (Wildman–Crippen LogP) is 4.25. The Bertz CT molecular complexity index is 874. The molecule has 0 aliphatic carbocycles. The van der Waals surface area contributed by atoms with E-state index in [1.165, 1.54) is 29.7 Å². The molecular formula is C19H21N3OS. The normalized spacial score (nSPS) is 14.0. The van der Waals surface area contributed by atoms with Gasteiger partial charge < -0.3 is 14.6 Å². The number of hydrogen-bond acceptors (Lipinski definition) is 4. The van der Waals surface area contributed by atoms with Crippen LogP contribution in [0.25, 0.3) is 11.0 Å². The summed E-state index contributed by atoms with van der Waals surface area (Å²) in [7, 11) is 3.88. The number of ether oxygens (including phenoxy) is 1. The molecule has 2 heterocycles. The van der Waals surface area contributed by atoms with E-state index in [1.54, 1.807) is 18.9 Å². The third-order valence-electron chi connectivity index (χ3n) is 4.56. The molecule has 0 fully saturated rings. The lowest BCUT2D eigenvalue weighted by atomic mass is 9.99. The van der Waals surface area contributed by atoms with E-state index in [0.29, 0.717) is 0 Å². The minimum Gasteiger partial charge on any atom is -0.497 e. The Kier molecular flexibility index (Phi) is 4.10. The van der Waals surface area contributed by atoms with Crippen LogP contribution in [0, 0.1) is 0 Å². The van der Waals surface area contributed by atoms with E-state index in [-0.39, 0.29) is 0 Å². The van der Waals surface area contributed by atoms with Crippen LogP contribution in [0.3, 0.4) is 0 Å². The maximum atomic E-state index is 5.27. The van der Waals surface area contributed by atoms with Crippen molar-refractivity contribution in [2.45, 2.75) is 23.8 Å². The molecule has 4 nitrogen and oxygen atoms in total. The second kappa shape index (κ2) is 6.40. The number of methoxy groups -OCH3 is 1. The fourth-order valence-corrected chi connectivity index (χ4v) is 4.25. The van der Waals surface area contributed by atoms with Crippen LogP contribution in [0.5, 0.6) is 5.75 Å². The van der Waals surface area contributed by atoms with Crippen molar-refractivity contribution >= 4 is 28.5 Å². The van der Waals surface area contributed by atoms with E-state index in [0.717, 1.165) is 34.2 Å². The van der Waals surface area contributed by atoms with Gasteiger partial charge in [-0.15, -0.1) is 0 Å². The summed E-state index contributed by atoms with van der Waals surface area (Å²) in [6.07, 6.45) is 2.42. The molecule has 3 aromatic rings. The van der Waals surface area contributed by atoms with E-state index in [9.17, 15) is 0 Å². The lowest BCUT2D eigenvalue weighted by molar-refractivity contribution is 0.415. The number of fused-ring (bicyclic) bond motifs is 2. The van der Waals surface area contributed by atoms with Crippen LogP contribution in [-0.4, -0.2) is 30.7 Å². The number of H-pyrrole nitrogens is 1. The molecule has 2 aromatic carbocycles. The number of para-hydroxylation sites is 1. The number of aromatic nitrogens is 2. The monoisotopic (exact) mass is 339 g/mol. The van der Waals surface area contributed by atoms with Gasteiger partial charge in [0.15, 0.2) is 5.16 Å². The lowest BCUT2D eigenvalue weighted by Gasteiger charge is -2.29. The number of rotatable bonds is 4. The third-order valence-corrected chi connectivity index (χ3v) is 5.48. The fraction of sp³-hybridized carbons (Fsp3) is 0.316. The van der Waals surface area contributed by atoms with Gasteiger partial charge in [-0.1, -0.05) is 30.0 Å². The molecule has 1 aliphatic rings. The first-order valence-corrected chi connectivity index (χ1v) is 9.21. The summed E-state index contributed by atoms with van der Waals surface area (Å²) in [5, 5.41) is 0.953. The number of nitrogens with zero attached hydrogens (tertiary/aromatic N) is 2. The zero-order chi connectivity index (χ0) is 16.5. The van der Waals surface area contributed by atoms with E-state index in [4.69, 9.17) is 4.74 Å². The molecule has 0 radical (unpaired) electrons. The van der Waals surface area contributed by atoms with E-state index >= 15 is 0 Å². The van der Waals surface area contributed by atoms with Crippen LogP contribution in [0.4, 0.5) is 5.69 Å². The average molecular weight is 339 g/mol. The highest BCUT2D eigenvalue weighted by Crippen LogP contribution is 2.34. The summed E-state index contributed by atoms with van der Waals surface area (Å²) in [4.78, 5) is 10.4. The van der Waals surface area contributed by atoms with Crippen molar-refractivity contribution in [2.24, 2.45) is 0 Å². The Balaban J connectivity index is 1.57. The highest BCUT2D eigenvalue weighted by atomic mass is 32.2. The van der Waals surface area contributed by atoms with Gasteiger partial charge in [-0.25, -0.2) is 4.98 Å². The Morgan fingerprint density at radius 2 is 2.21 bits per heavy atom. The standard InChI is InChI=1S/C19H21N3OS/c1-22-10-4-7-13-5-3-6-14(18(13)22)12-24-19-20-16-9-8-15(23-2)11-17(16)21-19/h3,5-6,8-9,11H,4,7,10,12H2,1-2H3,(H,20,21). The summed E-state index contributed by atoms with van der Waals surface area (Å²) in [6, 6.07) is 12.6. The Morgan fingerprint density at radius 1 is 1.29 bits per heavy atom. The Labute approximate surface area is 146 Å². The average Bonchev–Trinajstić information content (AvgIpc) is 3.02. The van der Waals surface area contributed by atoms with Crippen molar-refractivity contribution in [3.8, 4) is 5.75 Å². The molecule has 124 valence electrons. The lowest BCUT2D eigenvalue weighted by Crippen LogP contribution is -2.25. The number of aryl methyl sites for hydroxylation is 1. The fourth-order valence-electron chi connectivity index (χ4n) is 3.38. The summed E-state index contributed by atoms with van der Waals surface area (Å²) >= 11 is 1.75. The smallest absolute Gasteiger partial charge is 0.166 e. The number of hydrogen-bond donors (Lipinski definition) is 1. The van der Waals surface area contributed by atoms with Crippen LogP contribution in [-0.2, 0) is 12.2 Å². The third kappa shape index (κ3) is 2.84. The SMILES string of the molecule is COc1ccc2nc(SCc3cccc4c3N(C)CCC4)[nH]c2c1. The number of aromatic amines is 1. The van der Waals surface area contributed by atoms with Crippen molar-refractivity contribution < 1.29 is 4.74 Å². The Morgan fingerprint density at radius 3 is 3.08 bits per heavy atom. The van der Waals surface area contributed by atoms with E-state index in [1.807, 2.05) is 18.2 Å². The van der Waals surface area contributed by atoms with Gasteiger partial charge in [-0.2, -0.15) is 0 Å². The number of thioether (sulfide) groups is 1. The van der Waals surface area contributed by atoms with Gasteiger partial charge >= 0.3 is 0 Å². The van der Waals surface area contributed by atoms with Gasteiger partial charge in [-0.3, -0.25) is 0 Å². The first kappa shape index (κ1) is 15.4. The van der Waals surface area contributed by atoms with Crippen LogP contribution in [0.2, 0.25) is 0 Å². The van der Waals surface area contributed by atoms with Crippen molar-refractivity contribution in [1.82, 2.24) is 9.97 Å². The molecule has 1 aliphatic heterocycles. The topological polar surface area (TPSA) is 41.1 Å². The van der Waals surface area contributed by atoms with Gasteiger partial charge in [0, 0.05) is 31.1 Å². The molecule has 0 saturated heterocycles. The number of benzene rings is 2. The van der Waals surface area contributed by atoms with E-state index in [2.05, 4.69) is 40.1 Å². The zero-order valence-electron chi connectivity index (χ0n) is 14.0. The summed E-state index contributed by atoms with van der Waals surface area (Å²) < 4.78 is 5.27. The predicted molar refractivity (Wildman–Crippen MR) is 100 cm³/mol. The van der Waals surface area contributed by atoms with Crippen molar-refractivity contribution in [2.75, 3.05) is 25.6 Å². The van der Waals surface area contributed by atoms with Gasteiger partial charge in [0.05, 0.1) is 18.1 Å². The molecule has 1 aromatic heterocycles. The summed E-state index contributed by atoms with van der Waals surface area (Å²) in [5.74, 6) is 1.77. The van der Waals surface area contributed by atoms with Gasteiger partial charge in [0.2, 0.25) is 0 Å². The molecule has 4 rings (SSSR count). The van der Waals surface area contributed by atoms with Crippen molar-refractivity contribution in [3.63, 3.8) is 0 Å². The van der Waals surface area contributed by atoms with Crippen LogP contribution in [0.15, 0.2) is 41.6 Å². The number of nitrogens with one attached hydrogen (secondary N) is 1. The van der Waals surface area contributed by atoms with Crippen LogP contribution >= 0.6 is 11.8 Å². The summed E-state index contributed by atoms with van der Waals surface area (Å²) in [6.45, 7) is 1.14. The molecule has 24 heavy (non-hydrogen) atoms. The molecule has 5 heteroatoms. The first-order chi connectivity index (χ1) is 11.7. The van der Waals surface area contributed by atoms with E-state index < -0.39 is 0 Å². The minimum absolute atomic E-state index is 0.849. The minimum atomic E-state index is 0.849. The van der Waals surface area contributed by atoms with Gasteiger partial charge in [0.25, 0.3) is 0 Å². The zero-order valence-corrected chi connectivity index (χ0v) is 14.8. The number of anilines is 1. The maximum Gasteiger partial charge on any atom is 0.166 e. The summed E-state index contributed by atoms with van der Waals surface area (Å²) in [5.41, 5.74) is 6.26. The van der Waals surface area contributed by atoms with Gasteiger partial charge in [-0.05, 0) is 36.1 Å². The van der Waals surface area contributed by atoms with Crippen molar-refractivity contribution in [3.05, 3.63) is 47.5 Å². The molecular weight excluding hydrogens is 318 g/mol. The van der Waals surface area contributed by atoms with Gasteiger partial charge in [0.1, 0.15) is 5.75 Å². The highest BCUT2D eigenvalue weighted by Gasteiger charge is 2.17. The second-order valence-electron chi connectivity index (χ2n) is 6.16. The molecule has 0 amide bonds. The first-order valence-electron chi connectivity index (χ1n) is 8.23. The second-order valence-corrected chi connectivity index (χ2v) is 7.13. The molecule has 0 spiro atoms. The van der Waals surface area contributed by atoms with Crippen LogP contribution in [0.1, 0.15) is 17.5 Å². The largest absolute Gasteiger partial charge is 0.497 e. The molecule has 1 N–H and O–H groups in total. The Hall–Kier alpha value is -2.14. The molecule has 0 bridgehead atoms. The molecule has 0 saturated carbocycles. The molecule has 0 atom stereocenters. The maximum absolute atomic E-state index is 5.27. The molecule has 0 unspecified atom stereocenters.